The second-order valence-corrected chi connectivity index (χ2v) is 11.5. The average Bonchev–Trinajstić information content (AvgIpc) is 2.85. The first kappa shape index (κ1) is 28.5. The first-order valence-corrected chi connectivity index (χ1v) is 14.1. The van der Waals surface area contributed by atoms with Crippen molar-refractivity contribution in [1.29, 1.82) is 0 Å². The second kappa shape index (κ2) is 12.4. The lowest BCUT2D eigenvalue weighted by atomic mass is 10.0. The molecule has 37 heavy (non-hydrogen) atoms. The molecule has 0 spiro atoms. The highest BCUT2D eigenvalue weighted by Crippen LogP contribution is 2.27. The fourth-order valence-electron chi connectivity index (χ4n) is 4.00. The number of benzene rings is 3. The van der Waals surface area contributed by atoms with Crippen LogP contribution >= 0.6 is 23.2 Å². The summed E-state index contributed by atoms with van der Waals surface area (Å²) in [5.74, 6) is -0.918. The summed E-state index contributed by atoms with van der Waals surface area (Å²) in [5, 5.41) is 3.46. The van der Waals surface area contributed by atoms with E-state index in [0.29, 0.717) is 26.9 Å². The Balaban J connectivity index is 2.06. The van der Waals surface area contributed by atoms with Crippen molar-refractivity contribution in [2.24, 2.45) is 0 Å². The lowest BCUT2D eigenvalue weighted by Crippen LogP contribution is -2.53. The van der Waals surface area contributed by atoms with E-state index in [1.165, 1.54) is 18.0 Å². The summed E-state index contributed by atoms with van der Waals surface area (Å²) in [5.41, 5.74) is 2.49. The summed E-state index contributed by atoms with van der Waals surface area (Å²) in [4.78, 5) is 28.4. The Hall–Kier alpha value is -3.07. The molecule has 0 aliphatic carbocycles. The van der Waals surface area contributed by atoms with Crippen molar-refractivity contribution in [3.8, 4) is 0 Å². The lowest BCUT2D eigenvalue weighted by Gasteiger charge is -2.33. The molecule has 0 bridgehead atoms. The molecule has 1 atom stereocenters. The van der Waals surface area contributed by atoms with Crippen LogP contribution in [-0.2, 0) is 32.6 Å². The van der Waals surface area contributed by atoms with Gasteiger partial charge in [-0.2, -0.15) is 0 Å². The lowest BCUT2D eigenvalue weighted by molar-refractivity contribution is -0.139. The monoisotopic (exact) mass is 561 g/mol. The molecule has 196 valence electrons. The van der Waals surface area contributed by atoms with E-state index >= 15 is 0 Å². The van der Waals surface area contributed by atoms with Crippen LogP contribution in [0.15, 0.2) is 72.8 Å². The number of nitrogens with zero attached hydrogens (tertiary/aromatic N) is 2. The molecule has 1 N–H and O–H groups in total. The number of anilines is 1. The maximum atomic E-state index is 13.9. The van der Waals surface area contributed by atoms with Crippen molar-refractivity contribution in [1.82, 2.24) is 10.2 Å². The molecule has 0 saturated heterocycles. The second-order valence-electron chi connectivity index (χ2n) is 8.67. The molecule has 0 aliphatic rings. The third kappa shape index (κ3) is 7.71. The van der Waals surface area contributed by atoms with E-state index in [1.807, 2.05) is 30.3 Å². The summed E-state index contributed by atoms with van der Waals surface area (Å²) in [6, 6.07) is 20.2. The van der Waals surface area contributed by atoms with Crippen molar-refractivity contribution in [3.05, 3.63) is 99.5 Å². The van der Waals surface area contributed by atoms with E-state index in [2.05, 4.69) is 5.32 Å². The first-order valence-electron chi connectivity index (χ1n) is 11.5. The van der Waals surface area contributed by atoms with E-state index in [1.54, 1.807) is 43.3 Å². The van der Waals surface area contributed by atoms with Gasteiger partial charge in [-0.25, -0.2) is 8.42 Å². The molecule has 0 saturated carbocycles. The number of carbonyl (C=O) groups is 2. The number of carbonyl (C=O) groups excluding carboxylic acids is 2. The molecule has 0 aliphatic heterocycles. The van der Waals surface area contributed by atoms with Gasteiger partial charge in [-0.15, -0.1) is 0 Å². The number of nitrogens with one attached hydrogen (secondary N) is 1. The largest absolute Gasteiger partial charge is 0.357 e. The number of sulfonamides is 1. The molecule has 7 nitrogen and oxygen atoms in total. The van der Waals surface area contributed by atoms with Crippen molar-refractivity contribution < 1.29 is 18.0 Å². The van der Waals surface area contributed by atoms with Gasteiger partial charge in [0, 0.05) is 30.1 Å². The van der Waals surface area contributed by atoms with Crippen LogP contribution in [0.4, 0.5) is 5.69 Å². The number of halogens is 2. The van der Waals surface area contributed by atoms with Gasteiger partial charge < -0.3 is 10.2 Å². The van der Waals surface area contributed by atoms with Crippen LogP contribution in [-0.4, -0.2) is 51.0 Å². The highest BCUT2D eigenvalue weighted by Gasteiger charge is 2.33. The van der Waals surface area contributed by atoms with Crippen molar-refractivity contribution in [2.45, 2.75) is 25.9 Å². The third-order valence-corrected chi connectivity index (χ3v) is 7.48. The molecule has 2 amide bonds. The number of aryl methyl sites for hydroxylation is 1. The maximum absolute atomic E-state index is 13.9. The number of hydrogen-bond acceptors (Lipinski definition) is 4. The van der Waals surface area contributed by atoms with E-state index in [9.17, 15) is 18.0 Å². The topological polar surface area (TPSA) is 86.8 Å². The van der Waals surface area contributed by atoms with Crippen LogP contribution < -0.4 is 9.62 Å². The predicted octanol–water partition coefficient (Wildman–Crippen LogP) is 4.45. The molecule has 0 fully saturated rings. The smallest absolute Gasteiger partial charge is 0.244 e. The van der Waals surface area contributed by atoms with Gasteiger partial charge in [0.15, 0.2) is 0 Å². The summed E-state index contributed by atoms with van der Waals surface area (Å²) in [6.45, 7) is 1.28. The van der Waals surface area contributed by atoms with Crippen molar-refractivity contribution in [2.75, 3.05) is 24.2 Å². The molecule has 3 aromatic carbocycles. The van der Waals surface area contributed by atoms with Crippen LogP contribution in [0.25, 0.3) is 0 Å². The highest BCUT2D eigenvalue weighted by atomic mass is 35.5. The molecule has 3 aromatic rings. The summed E-state index contributed by atoms with van der Waals surface area (Å²) < 4.78 is 26.7. The van der Waals surface area contributed by atoms with Gasteiger partial charge in [0.25, 0.3) is 0 Å². The standard InChI is InChI=1S/C27H29Cl2N3O4S/c1-19-12-13-23(29)16-24(19)32(37(3,35)36)18-26(33)31(17-21-10-7-11-22(28)14-21)25(27(34)30-2)15-20-8-5-4-6-9-20/h4-14,16,25H,15,17-18H2,1-3H3,(H,30,34)/t25-/m1/s1. The molecular weight excluding hydrogens is 533 g/mol. The normalized spacial score (nSPS) is 12.0. The first-order chi connectivity index (χ1) is 17.5. The van der Waals surface area contributed by atoms with Gasteiger partial charge in [-0.3, -0.25) is 13.9 Å². The summed E-state index contributed by atoms with van der Waals surface area (Å²) in [6.07, 6.45) is 1.27. The van der Waals surface area contributed by atoms with Gasteiger partial charge in [-0.1, -0.05) is 71.7 Å². The third-order valence-electron chi connectivity index (χ3n) is 5.88. The Kier molecular flexibility index (Phi) is 9.59. The number of rotatable bonds is 10. The zero-order chi connectivity index (χ0) is 27.2. The molecule has 0 heterocycles. The molecule has 10 heteroatoms. The minimum absolute atomic E-state index is 0.0520. The van der Waals surface area contributed by atoms with Gasteiger partial charge in [0.1, 0.15) is 12.6 Å². The van der Waals surface area contributed by atoms with E-state index in [4.69, 9.17) is 23.2 Å². The van der Waals surface area contributed by atoms with Crippen molar-refractivity contribution >= 4 is 50.7 Å². The molecule has 0 aromatic heterocycles. The summed E-state index contributed by atoms with van der Waals surface area (Å²) >= 11 is 12.3. The van der Waals surface area contributed by atoms with E-state index < -0.39 is 28.5 Å². The molecule has 0 radical (unpaired) electrons. The van der Waals surface area contributed by atoms with Crippen LogP contribution in [0, 0.1) is 6.92 Å². The minimum Gasteiger partial charge on any atom is -0.357 e. The van der Waals surface area contributed by atoms with Crippen LogP contribution in [0.3, 0.4) is 0 Å². The Bertz CT molecular complexity index is 1370. The zero-order valence-corrected chi connectivity index (χ0v) is 23.1. The average molecular weight is 563 g/mol. The fourth-order valence-corrected chi connectivity index (χ4v) is 5.28. The number of likely N-dealkylation sites (N-methyl/N-ethyl adjacent to an activating group) is 1. The minimum atomic E-state index is -3.87. The Morgan fingerprint density at radius 3 is 2.19 bits per heavy atom. The van der Waals surface area contributed by atoms with E-state index in [0.717, 1.165) is 16.1 Å². The van der Waals surface area contributed by atoms with Crippen LogP contribution in [0.5, 0.6) is 0 Å². The molecule has 3 rings (SSSR count). The maximum Gasteiger partial charge on any atom is 0.244 e. The van der Waals surface area contributed by atoms with E-state index in [-0.39, 0.29) is 18.9 Å². The van der Waals surface area contributed by atoms with Gasteiger partial charge >= 0.3 is 0 Å². The zero-order valence-electron chi connectivity index (χ0n) is 20.8. The highest BCUT2D eigenvalue weighted by molar-refractivity contribution is 7.92. The van der Waals surface area contributed by atoms with Crippen LogP contribution in [0.2, 0.25) is 10.0 Å². The Morgan fingerprint density at radius 1 is 0.919 bits per heavy atom. The van der Waals surface area contributed by atoms with Crippen LogP contribution in [0.1, 0.15) is 16.7 Å². The van der Waals surface area contributed by atoms with Crippen molar-refractivity contribution in [3.63, 3.8) is 0 Å². The predicted molar refractivity (Wildman–Crippen MR) is 148 cm³/mol. The molecule has 0 unspecified atom stereocenters. The Labute approximate surface area is 228 Å². The van der Waals surface area contributed by atoms with Gasteiger partial charge in [0.2, 0.25) is 21.8 Å². The Morgan fingerprint density at radius 2 is 1.57 bits per heavy atom. The van der Waals surface area contributed by atoms with Gasteiger partial charge in [-0.05, 0) is 47.9 Å². The number of amides is 2. The fraction of sp³-hybridized carbons (Fsp3) is 0.259. The quantitative estimate of drug-likeness (QED) is 0.396. The molecular formula is C27H29Cl2N3O4S. The SMILES string of the molecule is CNC(=O)[C@@H](Cc1ccccc1)N(Cc1cccc(Cl)c1)C(=O)CN(c1cc(Cl)ccc1C)S(C)(=O)=O. The number of hydrogen-bond donors (Lipinski definition) is 1. The summed E-state index contributed by atoms with van der Waals surface area (Å²) in [7, 11) is -2.37. The van der Waals surface area contributed by atoms with Gasteiger partial charge in [0.05, 0.1) is 11.9 Å².